The Balaban J connectivity index is 2.72. The zero-order valence-corrected chi connectivity index (χ0v) is 11.7. The number of rotatable bonds is 5. The molecule has 0 unspecified atom stereocenters. The van der Waals surface area contributed by atoms with Gasteiger partial charge in [-0.1, -0.05) is 6.92 Å². The van der Waals surface area contributed by atoms with Crippen LogP contribution < -0.4 is 10.6 Å². The zero-order valence-electron chi connectivity index (χ0n) is 11.7. The van der Waals surface area contributed by atoms with Crippen LogP contribution in [0.4, 0.5) is 5.69 Å². The van der Waals surface area contributed by atoms with E-state index in [2.05, 4.69) is 15.4 Å². The Labute approximate surface area is 117 Å². The summed E-state index contributed by atoms with van der Waals surface area (Å²) in [6, 6.07) is 5.72. The molecule has 1 atom stereocenters. The number of amides is 2. The molecule has 6 heteroatoms. The number of anilines is 1. The summed E-state index contributed by atoms with van der Waals surface area (Å²) in [6.45, 7) is 3.19. The van der Waals surface area contributed by atoms with Gasteiger partial charge in [-0.3, -0.25) is 9.59 Å². The minimum Gasteiger partial charge on any atom is -0.467 e. The molecule has 0 aliphatic heterocycles. The van der Waals surface area contributed by atoms with Crippen LogP contribution in [0.15, 0.2) is 24.3 Å². The molecule has 1 aromatic rings. The van der Waals surface area contributed by atoms with Crippen LogP contribution in [0.2, 0.25) is 0 Å². The Kier molecular flexibility index (Phi) is 5.71. The van der Waals surface area contributed by atoms with Crippen molar-refractivity contribution in [2.24, 2.45) is 0 Å². The maximum Gasteiger partial charge on any atom is 0.328 e. The first kappa shape index (κ1) is 15.7. The number of hydrogen-bond acceptors (Lipinski definition) is 4. The summed E-state index contributed by atoms with van der Waals surface area (Å²) in [5.41, 5.74) is 1.01. The number of esters is 1. The van der Waals surface area contributed by atoms with Crippen molar-refractivity contribution in [1.82, 2.24) is 5.32 Å². The Morgan fingerprint density at radius 1 is 1.20 bits per heavy atom. The fraction of sp³-hybridized carbons (Fsp3) is 0.357. The summed E-state index contributed by atoms with van der Waals surface area (Å²) < 4.78 is 4.60. The first-order chi connectivity index (χ1) is 9.47. The Morgan fingerprint density at radius 2 is 1.80 bits per heavy atom. The van der Waals surface area contributed by atoms with Crippen LogP contribution in [0, 0.1) is 0 Å². The fourth-order valence-electron chi connectivity index (χ4n) is 1.62. The standard InChI is InChI=1S/C14H18N2O4/c1-4-12(14(19)20-3)16-13(18)10-5-7-11(8-6-10)15-9(2)17/h5-8,12H,4H2,1-3H3,(H,15,17)(H,16,18)/t12-/m0/s1. The molecule has 2 N–H and O–H groups in total. The van der Waals surface area contributed by atoms with Crippen LogP contribution >= 0.6 is 0 Å². The summed E-state index contributed by atoms with van der Waals surface area (Å²) in [5, 5.41) is 5.20. The van der Waals surface area contributed by atoms with Crippen LogP contribution in [-0.4, -0.2) is 30.9 Å². The highest BCUT2D eigenvalue weighted by molar-refractivity contribution is 5.97. The van der Waals surface area contributed by atoms with Crippen molar-refractivity contribution in [1.29, 1.82) is 0 Å². The lowest BCUT2D eigenvalue weighted by atomic mass is 10.1. The number of ether oxygens (including phenoxy) is 1. The predicted octanol–water partition coefficient (Wildman–Crippen LogP) is 1.33. The average Bonchev–Trinajstić information content (AvgIpc) is 2.43. The molecule has 0 aliphatic rings. The molecule has 0 heterocycles. The molecule has 0 bridgehead atoms. The highest BCUT2D eigenvalue weighted by atomic mass is 16.5. The molecule has 0 aliphatic carbocycles. The number of carbonyl (C=O) groups excluding carboxylic acids is 3. The number of carbonyl (C=O) groups is 3. The lowest BCUT2D eigenvalue weighted by Gasteiger charge is -2.14. The van der Waals surface area contributed by atoms with Gasteiger partial charge in [-0.25, -0.2) is 4.79 Å². The summed E-state index contributed by atoms with van der Waals surface area (Å²) in [7, 11) is 1.28. The van der Waals surface area contributed by atoms with Crippen LogP contribution in [-0.2, 0) is 14.3 Å². The molecule has 0 radical (unpaired) electrons. The first-order valence-electron chi connectivity index (χ1n) is 6.24. The molecule has 6 nitrogen and oxygen atoms in total. The number of methoxy groups -OCH3 is 1. The Bertz CT molecular complexity index is 496. The third kappa shape index (κ3) is 4.38. The van der Waals surface area contributed by atoms with Gasteiger partial charge < -0.3 is 15.4 Å². The topological polar surface area (TPSA) is 84.5 Å². The van der Waals surface area contributed by atoms with E-state index in [1.54, 1.807) is 31.2 Å². The second kappa shape index (κ2) is 7.28. The Morgan fingerprint density at radius 3 is 2.25 bits per heavy atom. The Hall–Kier alpha value is -2.37. The van der Waals surface area contributed by atoms with Gasteiger partial charge in [-0.05, 0) is 30.7 Å². The largest absolute Gasteiger partial charge is 0.467 e. The van der Waals surface area contributed by atoms with Crippen LogP contribution in [0.3, 0.4) is 0 Å². The zero-order chi connectivity index (χ0) is 15.1. The van der Waals surface area contributed by atoms with E-state index in [0.29, 0.717) is 17.7 Å². The third-order valence-corrected chi connectivity index (χ3v) is 2.67. The molecule has 1 rings (SSSR count). The second-order valence-electron chi connectivity index (χ2n) is 4.22. The normalized spacial score (nSPS) is 11.3. The molecular weight excluding hydrogens is 260 g/mol. The van der Waals surface area contributed by atoms with E-state index in [4.69, 9.17) is 0 Å². The summed E-state index contributed by atoms with van der Waals surface area (Å²) >= 11 is 0. The van der Waals surface area contributed by atoms with E-state index >= 15 is 0 Å². The monoisotopic (exact) mass is 278 g/mol. The highest BCUT2D eigenvalue weighted by Crippen LogP contribution is 2.10. The van der Waals surface area contributed by atoms with E-state index in [1.165, 1.54) is 14.0 Å². The van der Waals surface area contributed by atoms with E-state index in [0.717, 1.165) is 0 Å². The first-order valence-corrected chi connectivity index (χ1v) is 6.24. The highest BCUT2D eigenvalue weighted by Gasteiger charge is 2.19. The lowest BCUT2D eigenvalue weighted by molar-refractivity contribution is -0.142. The smallest absolute Gasteiger partial charge is 0.328 e. The quantitative estimate of drug-likeness (QED) is 0.796. The van der Waals surface area contributed by atoms with E-state index in [9.17, 15) is 14.4 Å². The molecule has 1 aromatic carbocycles. The molecule has 0 fully saturated rings. The molecule has 20 heavy (non-hydrogen) atoms. The number of nitrogens with one attached hydrogen (secondary N) is 2. The van der Waals surface area contributed by atoms with Crippen molar-refractivity contribution in [2.45, 2.75) is 26.3 Å². The lowest BCUT2D eigenvalue weighted by Crippen LogP contribution is -2.41. The van der Waals surface area contributed by atoms with Crippen molar-refractivity contribution in [3.05, 3.63) is 29.8 Å². The van der Waals surface area contributed by atoms with Crippen molar-refractivity contribution >= 4 is 23.5 Å². The molecule has 0 aromatic heterocycles. The summed E-state index contributed by atoms with van der Waals surface area (Å²) in [6.07, 6.45) is 0.447. The molecule has 0 saturated carbocycles. The van der Waals surface area contributed by atoms with Gasteiger partial charge in [0.1, 0.15) is 6.04 Å². The van der Waals surface area contributed by atoms with Gasteiger partial charge in [-0.15, -0.1) is 0 Å². The average molecular weight is 278 g/mol. The van der Waals surface area contributed by atoms with Crippen molar-refractivity contribution in [3.8, 4) is 0 Å². The van der Waals surface area contributed by atoms with Crippen molar-refractivity contribution in [3.63, 3.8) is 0 Å². The van der Waals surface area contributed by atoms with E-state index in [-0.39, 0.29) is 11.8 Å². The second-order valence-corrected chi connectivity index (χ2v) is 4.22. The minimum atomic E-state index is -0.664. The number of benzene rings is 1. The number of hydrogen-bond donors (Lipinski definition) is 2. The van der Waals surface area contributed by atoms with Crippen LogP contribution in [0.1, 0.15) is 30.6 Å². The van der Waals surface area contributed by atoms with Gasteiger partial charge in [0.15, 0.2) is 0 Å². The molecule has 2 amide bonds. The minimum absolute atomic E-state index is 0.182. The predicted molar refractivity (Wildman–Crippen MR) is 74.3 cm³/mol. The summed E-state index contributed by atoms with van der Waals surface area (Å²) in [5.74, 6) is -1.02. The van der Waals surface area contributed by atoms with Crippen LogP contribution in [0.25, 0.3) is 0 Å². The maximum absolute atomic E-state index is 12.0. The molecule has 0 saturated heterocycles. The maximum atomic E-state index is 12.0. The van der Waals surface area contributed by atoms with Crippen molar-refractivity contribution in [2.75, 3.05) is 12.4 Å². The molecule has 0 spiro atoms. The third-order valence-electron chi connectivity index (χ3n) is 2.67. The van der Waals surface area contributed by atoms with Gasteiger partial charge in [0.05, 0.1) is 7.11 Å². The van der Waals surface area contributed by atoms with Gasteiger partial charge in [0.2, 0.25) is 5.91 Å². The van der Waals surface area contributed by atoms with Gasteiger partial charge in [-0.2, -0.15) is 0 Å². The molecular formula is C14H18N2O4. The van der Waals surface area contributed by atoms with E-state index in [1.807, 2.05) is 0 Å². The molecule has 108 valence electrons. The summed E-state index contributed by atoms with van der Waals surface area (Å²) in [4.78, 5) is 34.2. The SMILES string of the molecule is CC[C@H](NC(=O)c1ccc(NC(C)=O)cc1)C(=O)OC. The van der Waals surface area contributed by atoms with Gasteiger partial charge >= 0.3 is 5.97 Å². The van der Waals surface area contributed by atoms with Gasteiger partial charge in [0, 0.05) is 18.2 Å². The van der Waals surface area contributed by atoms with Crippen LogP contribution in [0.5, 0.6) is 0 Å². The van der Waals surface area contributed by atoms with Crippen molar-refractivity contribution < 1.29 is 19.1 Å². The van der Waals surface area contributed by atoms with E-state index < -0.39 is 12.0 Å². The van der Waals surface area contributed by atoms with Gasteiger partial charge in [0.25, 0.3) is 5.91 Å². The fourth-order valence-corrected chi connectivity index (χ4v) is 1.62.